The second-order valence-electron chi connectivity index (χ2n) is 34.1. The van der Waals surface area contributed by atoms with Gasteiger partial charge in [0.1, 0.15) is 40.3 Å². The number of nitrogens with zero attached hydrogens (tertiary/aromatic N) is 6. The summed E-state index contributed by atoms with van der Waals surface area (Å²) >= 11 is 0. The molecule has 0 saturated heterocycles. The van der Waals surface area contributed by atoms with Gasteiger partial charge in [0.15, 0.2) is 5.78 Å². The van der Waals surface area contributed by atoms with Crippen LogP contribution in [0, 0.1) is 0 Å². The van der Waals surface area contributed by atoms with Gasteiger partial charge in [0.05, 0.1) is 80.3 Å². The molecule has 0 aliphatic carbocycles. The predicted molar refractivity (Wildman–Crippen MR) is 543 cm³/mol. The van der Waals surface area contributed by atoms with E-state index in [9.17, 15) is 14.4 Å². The van der Waals surface area contributed by atoms with Crippen LogP contribution in [0.25, 0.3) is 0 Å². The Morgan fingerprint density at radius 1 is 0.271 bits per heavy atom. The number of aromatic carboxylic acids is 1. The third-order valence-corrected chi connectivity index (χ3v) is 18.3. The van der Waals surface area contributed by atoms with Gasteiger partial charge < -0.3 is 72.2 Å². The SMILES string of the molecule is CC(=O)Cc1ccc(OC(C)C)cc1.CC(=O)c1ccc(COC(C)C)cc1.CC(C)OCc1ccc(N(C)C)cc1.CC(C)Oc1ccc(C(=O)O)cc1.CC(C)Oc1ccc(CN(C)C)cc1.CC(C)Oc1ccc(N(C)C)cc1.CCN(CC)Cc1ccc(OC(C)C)cc1.CCN(CC)c1ccc(COC(C)C)cc1.CCN(CC)c1ccc(OC(C)C)cc1. The minimum Gasteiger partial charge on any atom is -0.491 e. The molecule has 714 valence electrons. The molecule has 0 fully saturated rings. The molecular weight excluding hydrogens is 1610 g/mol. The summed E-state index contributed by atoms with van der Waals surface area (Å²) in [6.45, 7) is 63.0. The van der Waals surface area contributed by atoms with Crippen molar-refractivity contribution in [3.05, 3.63) is 263 Å². The number of carboxylic acid groups (broad SMARTS) is 1. The molecule has 0 atom stereocenters. The highest BCUT2D eigenvalue weighted by Crippen LogP contribution is 2.24. The van der Waals surface area contributed by atoms with E-state index in [4.69, 9.17) is 47.7 Å². The quantitative estimate of drug-likeness (QED) is 0.0360. The Labute approximate surface area is 780 Å². The number of hydrogen-bond donors (Lipinski definition) is 1. The van der Waals surface area contributed by atoms with E-state index in [0.717, 1.165) is 97.8 Å². The molecule has 9 aromatic rings. The molecule has 19 nitrogen and oxygen atoms in total. The molecule has 0 saturated carbocycles. The number of ether oxygens (including phenoxy) is 9. The van der Waals surface area contributed by atoms with E-state index < -0.39 is 5.97 Å². The van der Waals surface area contributed by atoms with Crippen LogP contribution in [0.4, 0.5) is 22.7 Å². The van der Waals surface area contributed by atoms with Crippen molar-refractivity contribution in [1.82, 2.24) is 9.80 Å². The molecule has 0 spiro atoms. The average molecular weight is 1780 g/mol. The van der Waals surface area contributed by atoms with Gasteiger partial charge in [-0.05, 0) is 360 Å². The number of hydrogen-bond acceptors (Lipinski definition) is 18. The molecule has 0 unspecified atom stereocenters. The normalized spacial score (nSPS) is 10.6. The number of carbonyl (C=O) groups is 3. The van der Waals surface area contributed by atoms with Crippen LogP contribution in [-0.2, 0) is 58.3 Å². The first-order valence-corrected chi connectivity index (χ1v) is 46.2. The molecular formula is C110H166N6O13. The number of rotatable bonds is 39. The average Bonchev–Trinajstić information content (AvgIpc) is 0.877. The van der Waals surface area contributed by atoms with Crippen molar-refractivity contribution in [2.45, 2.75) is 274 Å². The zero-order chi connectivity index (χ0) is 97.1. The second-order valence-corrected chi connectivity index (χ2v) is 34.1. The molecule has 0 aliphatic rings. The van der Waals surface area contributed by atoms with Gasteiger partial charge in [-0.25, -0.2) is 4.79 Å². The lowest BCUT2D eigenvalue weighted by Gasteiger charge is -2.21. The van der Waals surface area contributed by atoms with E-state index in [2.05, 4.69) is 208 Å². The maximum Gasteiger partial charge on any atom is 0.335 e. The molecule has 0 bridgehead atoms. The van der Waals surface area contributed by atoms with Crippen LogP contribution in [0.1, 0.15) is 234 Å². The Balaban J connectivity index is 0.000000726. The summed E-state index contributed by atoms with van der Waals surface area (Å²) in [6.07, 6.45) is 2.60. The summed E-state index contributed by atoms with van der Waals surface area (Å²) in [5.74, 6) is 4.69. The third kappa shape index (κ3) is 56.6. The fourth-order valence-electron chi connectivity index (χ4n) is 11.8. The number of ketones is 2. The van der Waals surface area contributed by atoms with Crippen molar-refractivity contribution < 1.29 is 62.1 Å². The van der Waals surface area contributed by atoms with Gasteiger partial charge in [-0.2, -0.15) is 0 Å². The van der Waals surface area contributed by atoms with Crippen LogP contribution in [0.5, 0.6) is 34.5 Å². The number of anilines is 4. The van der Waals surface area contributed by atoms with Crippen molar-refractivity contribution in [2.75, 3.05) is 101 Å². The first kappa shape index (κ1) is 117. The van der Waals surface area contributed by atoms with Crippen LogP contribution in [0.15, 0.2) is 218 Å². The van der Waals surface area contributed by atoms with Crippen LogP contribution < -0.4 is 48.0 Å². The van der Waals surface area contributed by atoms with Crippen LogP contribution >= 0.6 is 0 Å². The number of carbonyl (C=O) groups excluding carboxylic acids is 2. The van der Waals surface area contributed by atoms with Gasteiger partial charge in [0, 0.05) is 102 Å². The lowest BCUT2D eigenvalue weighted by atomic mass is 10.1. The smallest absolute Gasteiger partial charge is 0.335 e. The lowest BCUT2D eigenvalue weighted by Crippen LogP contribution is -2.22. The molecule has 0 aliphatic heterocycles. The van der Waals surface area contributed by atoms with Gasteiger partial charge in [-0.1, -0.05) is 98.8 Å². The Morgan fingerprint density at radius 3 is 0.729 bits per heavy atom. The maximum absolute atomic E-state index is 11.0. The molecule has 0 amide bonds. The third-order valence-electron chi connectivity index (χ3n) is 18.3. The molecule has 9 aromatic carbocycles. The first-order chi connectivity index (χ1) is 61.0. The Morgan fingerprint density at radius 2 is 0.496 bits per heavy atom. The Hall–Kier alpha value is -10.4. The minimum absolute atomic E-state index is 0.0985. The number of Topliss-reactive ketones (excluding diaryl/α,β-unsaturated/α-hetero) is 2. The van der Waals surface area contributed by atoms with E-state index in [-0.39, 0.29) is 59.9 Å². The van der Waals surface area contributed by atoms with Crippen molar-refractivity contribution >= 4 is 40.3 Å². The van der Waals surface area contributed by atoms with Gasteiger partial charge in [-0.3, -0.25) is 14.5 Å². The van der Waals surface area contributed by atoms with Crippen LogP contribution in [0.3, 0.4) is 0 Å². The van der Waals surface area contributed by atoms with Gasteiger partial charge in [0.25, 0.3) is 0 Å². The highest BCUT2D eigenvalue weighted by Gasteiger charge is 2.10. The fraction of sp³-hybridized carbons (Fsp3) is 0.482. The zero-order valence-electron chi connectivity index (χ0n) is 85.0. The number of carboxylic acids is 1. The van der Waals surface area contributed by atoms with Crippen LogP contribution in [0.2, 0.25) is 0 Å². The van der Waals surface area contributed by atoms with E-state index in [0.29, 0.717) is 44.2 Å². The van der Waals surface area contributed by atoms with E-state index >= 15 is 0 Å². The topological polar surface area (TPSA) is 174 Å². The molecule has 9 rings (SSSR count). The molecule has 19 heteroatoms. The lowest BCUT2D eigenvalue weighted by molar-refractivity contribution is -0.116. The van der Waals surface area contributed by atoms with Crippen molar-refractivity contribution in [2.24, 2.45) is 0 Å². The predicted octanol–water partition coefficient (Wildman–Crippen LogP) is 25.4. The fourth-order valence-corrected chi connectivity index (χ4v) is 11.8. The minimum atomic E-state index is -0.920. The summed E-state index contributed by atoms with van der Waals surface area (Å²) in [5, 5.41) is 8.62. The van der Waals surface area contributed by atoms with Crippen molar-refractivity contribution in [3.63, 3.8) is 0 Å². The monoisotopic (exact) mass is 1780 g/mol. The summed E-state index contributed by atoms with van der Waals surface area (Å²) in [4.78, 5) is 45.7. The van der Waals surface area contributed by atoms with E-state index in [1.807, 2.05) is 224 Å². The highest BCUT2D eigenvalue weighted by molar-refractivity contribution is 5.94. The second kappa shape index (κ2) is 66.9. The van der Waals surface area contributed by atoms with Gasteiger partial charge >= 0.3 is 5.97 Å². The summed E-state index contributed by atoms with van der Waals surface area (Å²) < 4.78 is 49.7. The van der Waals surface area contributed by atoms with Gasteiger partial charge in [0.2, 0.25) is 0 Å². The zero-order valence-corrected chi connectivity index (χ0v) is 85.0. The number of benzene rings is 9. The first-order valence-electron chi connectivity index (χ1n) is 46.2. The van der Waals surface area contributed by atoms with Crippen LogP contribution in [-0.4, -0.2) is 169 Å². The Bertz CT molecular complexity index is 4270. The molecule has 0 aromatic heterocycles. The van der Waals surface area contributed by atoms with E-state index in [1.165, 1.54) is 57.1 Å². The molecule has 0 radical (unpaired) electrons. The van der Waals surface area contributed by atoms with Gasteiger partial charge in [-0.15, -0.1) is 0 Å². The molecule has 0 heterocycles. The van der Waals surface area contributed by atoms with Crippen molar-refractivity contribution in [3.8, 4) is 34.5 Å². The highest BCUT2D eigenvalue weighted by atomic mass is 16.5. The summed E-state index contributed by atoms with van der Waals surface area (Å²) in [7, 11) is 12.3. The largest absolute Gasteiger partial charge is 0.491 e. The summed E-state index contributed by atoms with van der Waals surface area (Å²) in [6, 6.07) is 71.7. The standard InChI is InChI=1S/2C14H23NO.C13H21NO.2C12H19NO.2C12H16O2.C11H17NO.C10H12O3/c1-5-15(6-2)14-9-7-13(8-10-14)11-16-12(3)4;1-5-15(6-2)11-13-7-9-14(10-8-13)16-12(3)4;1-5-14(6-2)12-7-9-13(10-8-12)15-11(3)4;1-10(2)14-9-11-5-7-12(8-6-11)13(3)4;1-10(2)14-12-7-5-11(6-8-12)9-13(3)4;1-9(2)14-8-11-4-6-12(7-5-11)10(3)13;1-9(2)14-12-6-4-11(5-7-12)8-10(3)13;1-9(2)13-11-7-5-10(6-8-11)12(3)4;1-7(2)13-9-5-3-8(4-6-9)10(11)12/h2*7-10,12H,5-6,11H2,1-4H3;7-11H,5-6H2,1-4H3;2*5-8,10H,9H2,1-4H3;2*4-7,9H,8H2,1-3H3;5-9H,1-4H3;3-7H,1-2H3,(H,11,12). The Kier molecular flexibility index (Phi) is 60.5. The summed E-state index contributed by atoms with van der Waals surface area (Å²) in [5.41, 5.74) is 13.2. The maximum atomic E-state index is 11.0. The molecule has 1 N–H and O–H groups in total. The van der Waals surface area contributed by atoms with Crippen molar-refractivity contribution in [1.29, 1.82) is 0 Å². The van der Waals surface area contributed by atoms with E-state index in [1.54, 1.807) is 26.0 Å². The molecule has 129 heavy (non-hydrogen) atoms.